The molecule has 23 heavy (non-hydrogen) atoms. The van der Waals surface area contributed by atoms with Crippen molar-refractivity contribution in [3.8, 4) is 0 Å². The zero-order valence-electron chi connectivity index (χ0n) is 13.7. The Morgan fingerprint density at radius 2 is 2.00 bits per heavy atom. The summed E-state index contributed by atoms with van der Waals surface area (Å²) in [7, 11) is -2.45. The average molecular weight is 338 g/mol. The summed E-state index contributed by atoms with van der Waals surface area (Å²) in [5, 5.41) is 0. The summed E-state index contributed by atoms with van der Waals surface area (Å²) in [4.78, 5) is 13.8. The first kappa shape index (κ1) is 17.5. The maximum Gasteiger partial charge on any atom is 0.328 e. The van der Waals surface area contributed by atoms with Gasteiger partial charge in [-0.25, -0.2) is 4.79 Å². The van der Waals surface area contributed by atoms with E-state index in [-0.39, 0.29) is 10.9 Å². The molecule has 0 aliphatic carbocycles. The van der Waals surface area contributed by atoms with E-state index in [0.29, 0.717) is 25.2 Å². The molecule has 0 unspecified atom stereocenters. The number of hydrogen-bond acceptors (Lipinski definition) is 4. The second kappa shape index (κ2) is 7.12. The zero-order chi connectivity index (χ0) is 17.0. The molecular formula is C16H22N2O4S. The largest absolute Gasteiger partial charge is 0.467 e. The molecule has 1 aromatic rings. The topological polar surface area (TPSA) is 76.0 Å². The molecule has 126 valence electrons. The van der Waals surface area contributed by atoms with Crippen molar-refractivity contribution in [3.05, 3.63) is 29.8 Å². The van der Waals surface area contributed by atoms with Crippen molar-refractivity contribution < 1.29 is 17.9 Å². The Balaban J connectivity index is 2.33. The molecule has 1 aliphatic heterocycles. The number of sulfonamides is 1. The lowest BCUT2D eigenvalue weighted by atomic mass is 10.2. The Morgan fingerprint density at radius 3 is 2.57 bits per heavy atom. The van der Waals surface area contributed by atoms with Gasteiger partial charge in [-0.3, -0.25) is 0 Å². The van der Waals surface area contributed by atoms with E-state index < -0.39 is 16.1 Å². The van der Waals surface area contributed by atoms with E-state index in [0.717, 1.165) is 12.0 Å². The lowest BCUT2D eigenvalue weighted by Crippen LogP contribution is -2.41. The van der Waals surface area contributed by atoms with Crippen LogP contribution in [0.4, 0.5) is 0 Å². The molecule has 0 amide bonds. The summed E-state index contributed by atoms with van der Waals surface area (Å²) >= 11 is 0. The number of esters is 1. The smallest absolute Gasteiger partial charge is 0.328 e. The van der Waals surface area contributed by atoms with Crippen LogP contribution in [0.2, 0.25) is 0 Å². The number of ether oxygens (including phenoxy) is 1. The molecule has 1 fully saturated rings. The third-order valence-corrected chi connectivity index (χ3v) is 5.24. The van der Waals surface area contributed by atoms with E-state index in [9.17, 15) is 13.2 Å². The molecule has 1 aliphatic rings. The van der Waals surface area contributed by atoms with E-state index in [1.54, 1.807) is 29.2 Å². The Kier molecular flexibility index (Phi) is 5.41. The Hall–Kier alpha value is -1.89. The summed E-state index contributed by atoms with van der Waals surface area (Å²) in [5.74, 6) is 0.0508. The second-order valence-corrected chi connectivity index (χ2v) is 7.13. The highest BCUT2D eigenvalue weighted by molar-refractivity contribution is 7.90. The number of aryl methyl sites for hydroxylation is 1. The lowest BCUT2D eigenvalue weighted by Gasteiger charge is -2.25. The van der Waals surface area contributed by atoms with Gasteiger partial charge in [-0.15, -0.1) is 4.40 Å². The molecule has 1 atom stereocenters. The van der Waals surface area contributed by atoms with Gasteiger partial charge in [-0.05, 0) is 31.9 Å². The summed E-state index contributed by atoms with van der Waals surface area (Å²) in [6, 6.07) is 6.11. The van der Waals surface area contributed by atoms with Gasteiger partial charge in [0.15, 0.2) is 0 Å². The minimum Gasteiger partial charge on any atom is -0.467 e. The van der Waals surface area contributed by atoms with Gasteiger partial charge in [0.25, 0.3) is 10.0 Å². The summed E-state index contributed by atoms with van der Waals surface area (Å²) < 4.78 is 33.8. The molecule has 0 radical (unpaired) electrons. The fraction of sp³-hybridized carbons (Fsp3) is 0.500. The second-order valence-electron chi connectivity index (χ2n) is 5.52. The Labute approximate surface area is 137 Å². The van der Waals surface area contributed by atoms with E-state index in [1.807, 2.05) is 13.8 Å². The molecular weight excluding hydrogens is 316 g/mol. The molecule has 0 spiro atoms. The number of amidine groups is 1. The number of benzene rings is 1. The first-order valence-electron chi connectivity index (χ1n) is 7.64. The SMILES string of the molecule is CC/C(=N/S(=O)(=O)c1ccc(C)cc1)N1CCC[C@H]1C(=O)OC. The van der Waals surface area contributed by atoms with Crippen LogP contribution in [0.5, 0.6) is 0 Å². The van der Waals surface area contributed by atoms with Crippen molar-refractivity contribution in [1.82, 2.24) is 4.90 Å². The third kappa shape index (κ3) is 3.90. The van der Waals surface area contributed by atoms with Crippen LogP contribution in [-0.2, 0) is 19.6 Å². The molecule has 1 heterocycles. The van der Waals surface area contributed by atoms with Gasteiger partial charge in [-0.1, -0.05) is 24.6 Å². The number of carbonyl (C=O) groups excluding carboxylic acids is 1. The summed E-state index contributed by atoms with van der Waals surface area (Å²) in [6.07, 6.45) is 1.89. The minimum atomic E-state index is -3.79. The van der Waals surface area contributed by atoms with Gasteiger partial charge < -0.3 is 9.64 Å². The molecule has 1 aromatic carbocycles. The lowest BCUT2D eigenvalue weighted by molar-refractivity contribution is -0.144. The van der Waals surface area contributed by atoms with Gasteiger partial charge in [0, 0.05) is 13.0 Å². The number of carbonyl (C=O) groups is 1. The Bertz CT molecular complexity index is 695. The molecule has 7 heteroatoms. The molecule has 0 saturated carbocycles. The highest BCUT2D eigenvalue weighted by Crippen LogP contribution is 2.22. The van der Waals surface area contributed by atoms with Crippen molar-refractivity contribution in [2.45, 2.75) is 44.0 Å². The number of likely N-dealkylation sites (tertiary alicyclic amines) is 1. The van der Waals surface area contributed by atoms with Crippen molar-refractivity contribution in [2.24, 2.45) is 4.40 Å². The quantitative estimate of drug-likeness (QED) is 0.477. The average Bonchev–Trinajstić information content (AvgIpc) is 3.01. The molecule has 0 N–H and O–H groups in total. The normalized spacial score (nSPS) is 19.0. The predicted molar refractivity (Wildman–Crippen MR) is 87.8 cm³/mol. The van der Waals surface area contributed by atoms with E-state index in [2.05, 4.69) is 4.40 Å². The van der Waals surface area contributed by atoms with Crippen LogP contribution in [-0.4, -0.2) is 44.8 Å². The van der Waals surface area contributed by atoms with Crippen molar-refractivity contribution >= 4 is 21.8 Å². The van der Waals surface area contributed by atoms with Gasteiger partial charge in [-0.2, -0.15) is 8.42 Å². The first-order valence-corrected chi connectivity index (χ1v) is 9.08. The minimum absolute atomic E-state index is 0.155. The van der Waals surface area contributed by atoms with Crippen LogP contribution in [0, 0.1) is 6.92 Å². The van der Waals surface area contributed by atoms with Crippen LogP contribution in [0.3, 0.4) is 0 Å². The molecule has 0 bridgehead atoms. The molecule has 1 saturated heterocycles. The van der Waals surface area contributed by atoms with Gasteiger partial charge in [0.05, 0.1) is 12.0 Å². The fourth-order valence-corrected chi connectivity index (χ4v) is 3.78. The molecule has 6 nitrogen and oxygen atoms in total. The predicted octanol–water partition coefficient (Wildman–Crippen LogP) is 2.13. The standard InChI is InChI=1S/C16H22N2O4S/c1-4-15(18-11-5-6-14(18)16(19)22-3)17-23(20,21)13-9-7-12(2)8-10-13/h7-10,14H,4-6,11H2,1-3H3/b17-15-/t14-/m0/s1. The maximum atomic E-state index is 12.5. The van der Waals surface area contributed by atoms with Crippen LogP contribution < -0.4 is 0 Å². The number of rotatable bonds is 4. The molecule has 2 rings (SSSR count). The number of hydrogen-bond donors (Lipinski definition) is 0. The highest BCUT2D eigenvalue weighted by atomic mass is 32.2. The van der Waals surface area contributed by atoms with Crippen LogP contribution in [0.1, 0.15) is 31.7 Å². The maximum absolute atomic E-state index is 12.5. The van der Waals surface area contributed by atoms with E-state index in [4.69, 9.17) is 4.74 Å². The number of methoxy groups -OCH3 is 1. The van der Waals surface area contributed by atoms with Gasteiger partial charge in [0.1, 0.15) is 11.9 Å². The molecule has 0 aromatic heterocycles. The van der Waals surface area contributed by atoms with E-state index in [1.165, 1.54) is 7.11 Å². The fourth-order valence-electron chi connectivity index (χ4n) is 2.68. The zero-order valence-corrected chi connectivity index (χ0v) is 14.5. The van der Waals surface area contributed by atoms with E-state index >= 15 is 0 Å². The third-order valence-electron chi connectivity index (χ3n) is 3.92. The van der Waals surface area contributed by atoms with Crippen molar-refractivity contribution in [1.29, 1.82) is 0 Å². The van der Waals surface area contributed by atoms with Crippen LogP contribution in [0.15, 0.2) is 33.6 Å². The monoisotopic (exact) mass is 338 g/mol. The van der Waals surface area contributed by atoms with Crippen LogP contribution in [0.25, 0.3) is 0 Å². The van der Waals surface area contributed by atoms with Crippen molar-refractivity contribution in [3.63, 3.8) is 0 Å². The van der Waals surface area contributed by atoms with Crippen molar-refractivity contribution in [2.75, 3.05) is 13.7 Å². The van der Waals surface area contributed by atoms with Gasteiger partial charge >= 0.3 is 5.97 Å². The van der Waals surface area contributed by atoms with Crippen LogP contribution >= 0.6 is 0 Å². The highest BCUT2D eigenvalue weighted by Gasteiger charge is 2.33. The summed E-state index contributed by atoms with van der Waals surface area (Å²) in [5.41, 5.74) is 0.981. The first-order chi connectivity index (χ1) is 10.9. The Morgan fingerprint density at radius 1 is 1.35 bits per heavy atom. The number of nitrogens with zero attached hydrogens (tertiary/aromatic N) is 2. The summed E-state index contributed by atoms with van der Waals surface area (Å²) in [6.45, 7) is 4.33. The van der Waals surface area contributed by atoms with Gasteiger partial charge in [0.2, 0.25) is 0 Å².